The molecule has 0 unspecified atom stereocenters. The van der Waals surface area contributed by atoms with Crippen LogP contribution in [0, 0.1) is 0 Å². The number of aliphatic imine (C=N–C) groups is 1. The molecule has 0 atom stereocenters. The van der Waals surface area contributed by atoms with Crippen molar-refractivity contribution in [1.29, 1.82) is 0 Å². The fourth-order valence-electron chi connectivity index (χ4n) is 4.12. The Kier molecular flexibility index (Phi) is 6.39. The van der Waals surface area contributed by atoms with Crippen molar-refractivity contribution in [2.24, 2.45) is 4.99 Å². The van der Waals surface area contributed by atoms with Crippen LogP contribution >= 0.6 is 23.5 Å². The summed E-state index contributed by atoms with van der Waals surface area (Å²) < 4.78 is 0. The van der Waals surface area contributed by atoms with Crippen LogP contribution in [0.5, 0.6) is 0 Å². The lowest BCUT2D eigenvalue weighted by Crippen LogP contribution is -2.29. The summed E-state index contributed by atoms with van der Waals surface area (Å²) >= 11 is 3.08. The number of carbonyl (C=O) groups excluding carboxylic acids is 1. The fraction of sp³-hybridized carbons (Fsp3) is 0.185. The molecule has 1 saturated heterocycles. The van der Waals surface area contributed by atoms with Gasteiger partial charge in [0, 0.05) is 30.7 Å². The first-order chi connectivity index (χ1) is 16.6. The summed E-state index contributed by atoms with van der Waals surface area (Å²) in [5.41, 5.74) is 3.94. The number of benzene rings is 3. The molecule has 2 aliphatic rings. The molecule has 34 heavy (non-hydrogen) atoms. The lowest BCUT2D eigenvalue weighted by atomic mass is 10.2. The van der Waals surface area contributed by atoms with Crippen molar-refractivity contribution >= 4 is 57.3 Å². The van der Waals surface area contributed by atoms with Crippen LogP contribution in [0.1, 0.15) is 13.8 Å². The second kappa shape index (κ2) is 9.60. The summed E-state index contributed by atoms with van der Waals surface area (Å²) in [5.74, 6) is -0.0446. The van der Waals surface area contributed by atoms with Gasteiger partial charge in [0.1, 0.15) is 4.91 Å². The van der Waals surface area contributed by atoms with E-state index in [-0.39, 0.29) is 5.91 Å². The first-order valence-electron chi connectivity index (χ1n) is 11.4. The highest BCUT2D eigenvalue weighted by molar-refractivity contribution is 8.20. The van der Waals surface area contributed by atoms with Gasteiger partial charge in [-0.3, -0.25) is 9.69 Å². The molecule has 0 bridgehead atoms. The van der Waals surface area contributed by atoms with E-state index in [1.807, 2.05) is 61.6 Å². The molecule has 3 aromatic rings. The van der Waals surface area contributed by atoms with Gasteiger partial charge in [-0.1, -0.05) is 42.1 Å². The van der Waals surface area contributed by atoms with E-state index in [0.717, 1.165) is 40.1 Å². The zero-order chi connectivity index (χ0) is 23.7. The van der Waals surface area contributed by atoms with E-state index >= 15 is 0 Å². The third kappa shape index (κ3) is 4.10. The number of hydrogen-bond acceptors (Lipinski definition) is 6. The highest BCUT2D eigenvalue weighted by Gasteiger charge is 2.40. The second-order valence-corrected chi connectivity index (χ2v) is 9.93. The highest BCUT2D eigenvalue weighted by Crippen LogP contribution is 2.50. The van der Waals surface area contributed by atoms with Gasteiger partial charge in [0.05, 0.1) is 22.1 Å². The molecule has 1 amide bonds. The predicted molar refractivity (Wildman–Crippen MR) is 146 cm³/mol. The number of para-hydroxylation sites is 2. The number of amidine groups is 1. The van der Waals surface area contributed by atoms with Gasteiger partial charge >= 0.3 is 0 Å². The Hall–Kier alpha value is -3.16. The molecule has 0 aliphatic carbocycles. The van der Waals surface area contributed by atoms with E-state index in [4.69, 9.17) is 4.99 Å². The molecular weight excluding hydrogens is 460 g/mol. The van der Waals surface area contributed by atoms with Crippen molar-refractivity contribution in [3.8, 4) is 0 Å². The average Bonchev–Trinajstić information content (AvgIpc) is 3.37. The number of amides is 1. The van der Waals surface area contributed by atoms with Crippen LogP contribution in [0.4, 0.5) is 22.7 Å². The molecule has 2 heterocycles. The van der Waals surface area contributed by atoms with Crippen LogP contribution in [-0.2, 0) is 4.79 Å². The summed E-state index contributed by atoms with van der Waals surface area (Å²) in [4.78, 5) is 26.6. The summed E-state index contributed by atoms with van der Waals surface area (Å²) in [6.07, 6.45) is 0. The lowest BCUT2D eigenvalue weighted by Gasteiger charge is -2.21. The second-order valence-electron chi connectivity index (χ2n) is 7.92. The number of rotatable bonds is 5. The molecule has 3 aromatic carbocycles. The molecular formula is C27H26N4OS2. The van der Waals surface area contributed by atoms with E-state index in [1.54, 1.807) is 16.7 Å². The number of anilines is 3. The van der Waals surface area contributed by atoms with E-state index in [1.165, 1.54) is 17.4 Å². The number of carbonyl (C=O) groups is 1. The summed E-state index contributed by atoms with van der Waals surface area (Å²) in [6.45, 7) is 6.23. The molecule has 0 saturated carbocycles. The molecule has 5 nitrogen and oxygen atoms in total. The van der Waals surface area contributed by atoms with Crippen molar-refractivity contribution in [1.82, 2.24) is 0 Å². The third-order valence-corrected chi connectivity index (χ3v) is 8.33. The molecule has 1 fully saturated rings. The third-order valence-electron chi connectivity index (χ3n) is 5.93. The topological polar surface area (TPSA) is 39.1 Å². The lowest BCUT2D eigenvalue weighted by molar-refractivity contribution is -0.113. The molecule has 5 rings (SSSR count). The molecule has 0 spiro atoms. The molecule has 172 valence electrons. The zero-order valence-corrected chi connectivity index (χ0v) is 21.1. The van der Waals surface area contributed by atoms with Gasteiger partial charge in [0.15, 0.2) is 5.17 Å². The summed E-state index contributed by atoms with van der Waals surface area (Å²) in [7, 11) is 2.02. The smallest absolute Gasteiger partial charge is 0.274 e. The molecule has 0 N–H and O–H groups in total. The van der Waals surface area contributed by atoms with Crippen molar-refractivity contribution in [2.45, 2.75) is 18.7 Å². The van der Waals surface area contributed by atoms with Gasteiger partial charge in [0.25, 0.3) is 5.91 Å². The maximum atomic E-state index is 13.7. The molecule has 0 radical (unpaired) electrons. The quantitative estimate of drug-likeness (QED) is 0.375. The van der Waals surface area contributed by atoms with Crippen molar-refractivity contribution in [2.75, 3.05) is 34.8 Å². The number of nitrogens with zero attached hydrogens (tertiary/aromatic N) is 4. The minimum absolute atomic E-state index is 0.0446. The minimum atomic E-state index is -0.0446. The summed E-state index contributed by atoms with van der Waals surface area (Å²) in [5, 5.41) is 1.61. The van der Waals surface area contributed by atoms with Gasteiger partial charge in [-0.05, 0) is 74.1 Å². The normalized spacial score (nSPS) is 18.7. The van der Waals surface area contributed by atoms with Crippen molar-refractivity contribution in [3.05, 3.63) is 88.8 Å². The SMILES string of the molecule is CCN(CC)c1ccc(N=C2SC(=C3Sc4ccccc4N3C)C(=O)N2c2ccccc2)cc1. The van der Waals surface area contributed by atoms with Crippen LogP contribution in [-0.4, -0.2) is 31.2 Å². The highest BCUT2D eigenvalue weighted by atomic mass is 32.2. The monoisotopic (exact) mass is 486 g/mol. The minimum Gasteiger partial charge on any atom is -0.372 e. The zero-order valence-electron chi connectivity index (χ0n) is 19.4. The maximum absolute atomic E-state index is 13.7. The molecule has 7 heteroatoms. The maximum Gasteiger partial charge on any atom is 0.274 e. The summed E-state index contributed by atoms with van der Waals surface area (Å²) in [6, 6.07) is 26.2. The Morgan fingerprint density at radius 3 is 2.21 bits per heavy atom. The van der Waals surface area contributed by atoms with Crippen LogP contribution in [0.15, 0.2) is 98.7 Å². The van der Waals surface area contributed by atoms with Crippen LogP contribution < -0.4 is 14.7 Å². The van der Waals surface area contributed by atoms with Gasteiger partial charge in [-0.2, -0.15) is 0 Å². The Morgan fingerprint density at radius 2 is 1.53 bits per heavy atom. The van der Waals surface area contributed by atoms with Gasteiger partial charge in [0.2, 0.25) is 0 Å². The Balaban J connectivity index is 1.54. The van der Waals surface area contributed by atoms with E-state index < -0.39 is 0 Å². The number of hydrogen-bond donors (Lipinski definition) is 0. The van der Waals surface area contributed by atoms with Crippen LogP contribution in [0.25, 0.3) is 0 Å². The average molecular weight is 487 g/mol. The largest absolute Gasteiger partial charge is 0.372 e. The standard InChI is InChI=1S/C27H26N4OS2/c1-4-30(5-2)20-17-15-19(16-18-20)28-27-31(21-11-7-6-8-12-21)25(32)24(34-27)26-29(3)22-13-9-10-14-23(22)33-26/h6-18H,4-5H2,1-3H3. The Labute approximate surface area is 209 Å². The number of fused-ring (bicyclic) bond motifs is 1. The first-order valence-corrected chi connectivity index (χ1v) is 13.0. The van der Waals surface area contributed by atoms with Crippen molar-refractivity contribution < 1.29 is 4.79 Å². The van der Waals surface area contributed by atoms with Gasteiger partial charge in [-0.25, -0.2) is 4.99 Å². The van der Waals surface area contributed by atoms with Gasteiger partial charge < -0.3 is 9.80 Å². The predicted octanol–water partition coefficient (Wildman–Crippen LogP) is 6.71. The molecule has 0 aromatic heterocycles. The number of thioether (sulfide) groups is 2. The first kappa shape index (κ1) is 22.6. The van der Waals surface area contributed by atoms with E-state index in [0.29, 0.717) is 10.1 Å². The fourth-order valence-corrected chi connectivity index (χ4v) is 6.47. The van der Waals surface area contributed by atoms with E-state index in [9.17, 15) is 4.79 Å². The van der Waals surface area contributed by atoms with Crippen molar-refractivity contribution in [3.63, 3.8) is 0 Å². The van der Waals surface area contributed by atoms with Crippen LogP contribution in [0.2, 0.25) is 0 Å². The van der Waals surface area contributed by atoms with E-state index in [2.05, 4.69) is 47.9 Å². The van der Waals surface area contributed by atoms with Gasteiger partial charge in [-0.15, -0.1) is 0 Å². The van der Waals surface area contributed by atoms with Crippen LogP contribution in [0.3, 0.4) is 0 Å². The Morgan fingerprint density at radius 1 is 0.853 bits per heavy atom. The Bertz CT molecular complexity index is 1270. The molecule has 2 aliphatic heterocycles.